The Balaban J connectivity index is 2.05. The maximum absolute atomic E-state index is 12.5. The van der Waals surface area contributed by atoms with E-state index in [1.54, 1.807) is 29.0 Å². The molecule has 2 amide bonds. The van der Waals surface area contributed by atoms with Gasteiger partial charge in [0.2, 0.25) is 11.8 Å². The van der Waals surface area contributed by atoms with E-state index in [4.69, 9.17) is 5.26 Å². The summed E-state index contributed by atoms with van der Waals surface area (Å²) in [6, 6.07) is 8.96. The molecule has 1 fully saturated rings. The average Bonchev–Trinajstić information content (AvgIpc) is 2.96. The molecule has 110 valence electrons. The lowest BCUT2D eigenvalue weighted by Crippen LogP contribution is -2.45. The van der Waals surface area contributed by atoms with Gasteiger partial charge in [-0.3, -0.25) is 9.59 Å². The van der Waals surface area contributed by atoms with Crippen LogP contribution >= 0.6 is 0 Å². The normalized spacial score (nSPS) is 17.4. The number of benzene rings is 1. The van der Waals surface area contributed by atoms with E-state index in [0.717, 1.165) is 18.4 Å². The Kier molecular flexibility index (Phi) is 4.59. The molecule has 1 heterocycles. The molecular weight excluding hydrogens is 266 g/mol. The van der Waals surface area contributed by atoms with Gasteiger partial charge in [0.1, 0.15) is 6.04 Å². The standard InChI is InChI=1S/C16H19N3O2/c1-12(20)19-8-4-7-15(19)16(21)18(2)11-14-6-3-5-13(9-14)10-17/h3,5-6,9,15H,4,7-8,11H2,1-2H3. The lowest BCUT2D eigenvalue weighted by Gasteiger charge is -2.27. The van der Waals surface area contributed by atoms with Gasteiger partial charge >= 0.3 is 0 Å². The minimum absolute atomic E-state index is 0.0370. The first-order valence-corrected chi connectivity index (χ1v) is 7.04. The second-order valence-corrected chi connectivity index (χ2v) is 5.38. The van der Waals surface area contributed by atoms with Crippen LogP contribution in [0.2, 0.25) is 0 Å². The molecule has 0 aliphatic carbocycles. The third kappa shape index (κ3) is 3.40. The molecule has 0 radical (unpaired) electrons. The maximum atomic E-state index is 12.5. The second-order valence-electron chi connectivity index (χ2n) is 5.38. The molecule has 1 aliphatic heterocycles. The summed E-state index contributed by atoms with van der Waals surface area (Å²) < 4.78 is 0. The summed E-state index contributed by atoms with van der Waals surface area (Å²) in [5.74, 6) is -0.0872. The summed E-state index contributed by atoms with van der Waals surface area (Å²) in [6.07, 6.45) is 1.59. The Bertz CT molecular complexity index is 591. The van der Waals surface area contributed by atoms with Crippen LogP contribution in [-0.2, 0) is 16.1 Å². The third-order valence-corrected chi connectivity index (χ3v) is 3.79. The molecular formula is C16H19N3O2. The van der Waals surface area contributed by atoms with Crippen LogP contribution in [0.25, 0.3) is 0 Å². The van der Waals surface area contributed by atoms with Crippen molar-refractivity contribution < 1.29 is 9.59 Å². The van der Waals surface area contributed by atoms with Gasteiger partial charge < -0.3 is 9.80 Å². The average molecular weight is 285 g/mol. The number of hydrogen-bond donors (Lipinski definition) is 0. The molecule has 1 saturated heterocycles. The molecule has 21 heavy (non-hydrogen) atoms. The molecule has 1 unspecified atom stereocenters. The Morgan fingerprint density at radius 2 is 2.24 bits per heavy atom. The molecule has 2 rings (SSSR count). The summed E-state index contributed by atoms with van der Waals surface area (Å²) in [5, 5.41) is 8.90. The Hall–Kier alpha value is -2.35. The summed E-state index contributed by atoms with van der Waals surface area (Å²) in [6.45, 7) is 2.60. The number of likely N-dealkylation sites (tertiary alicyclic amines) is 1. The number of nitrogens with zero attached hydrogens (tertiary/aromatic N) is 3. The highest BCUT2D eigenvalue weighted by molar-refractivity contribution is 5.87. The van der Waals surface area contributed by atoms with Gasteiger partial charge in [-0.05, 0) is 30.5 Å². The monoisotopic (exact) mass is 285 g/mol. The van der Waals surface area contributed by atoms with Gasteiger partial charge in [-0.25, -0.2) is 0 Å². The number of likely N-dealkylation sites (N-methyl/N-ethyl adjacent to an activating group) is 1. The first kappa shape index (κ1) is 15.0. The van der Waals surface area contributed by atoms with Gasteiger partial charge in [0, 0.05) is 27.1 Å². The van der Waals surface area contributed by atoms with Gasteiger partial charge in [0.25, 0.3) is 0 Å². The molecule has 0 aromatic heterocycles. The lowest BCUT2D eigenvalue weighted by molar-refractivity contribution is -0.142. The molecule has 1 atom stereocenters. The number of hydrogen-bond acceptors (Lipinski definition) is 3. The highest BCUT2D eigenvalue weighted by atomic mass is 16.2. The van der Waals surface area contributed by atoms with Gasteiger partial charge in [-0.2, -0.15) is 5.26 Å². The fourth-order valence-corrected chi connectivity index (χ4v) is 2.75. The fourth-order valence-electron chi connectivity index (χ4n) is 2.75. The van der Waals surface area contributed by atoms with Crippen molar-refractivity contribution in [3.05, 3.63) is 35.4 Å². The fraction of sp³-hybridized carbons (Fsp3) is 0.438. The van der Waals surface area contributed by atoms with Crippen LogP contribution in [0.1, 0.15) is 30.9 Å². The van der Waals surface area contributed by atoms with E-state index in [2.05, 4.69) is 6.07 Å². The first-order chi connectivity index (χ1) is 10.0. The number of amides is 2. The van der Waals surface area contributed by atoms with Crippen LogP contribution in [0.4, 0.5) is 0 Å². The van der Waals surface area contributed by atoms with E-state index < -0.39 is 0 Å². The summed E-state index contributed by atoms with van der Waals surface area (Å²) in [5.41, 5.74) is 1.50. The Labute approximate surface area is 124 Å². The number of rotatable bonds is 3. The number of carbonyl (C=O) groups is 2. The van der Waals surface area contributed by atoms with Crippen LogP contribution < -0.4 is 0 Å². The van der Waals surface area contributed by atoms with Crippen molar-refractivity contribution in [3.8, 4) is 6.07 Å². The second kappa shape index (κ2) is 6.40. The maximum Gasteiger partial charge on any atom is 0.245 e. The molecule has 0 spiro atoms. The lowest BCUT2D eigenvalue weighted by atomic mass is 10.1. The summed E-state index contributed by atoms with van der Waals surface area (Å²) >= 11 is 0. The zero-order valence-electron chi connectivity index (χ0n) is 12.4. The van der Waals surface area contributed by atoms with Crippen molar-refractivity contribution in [2.24, 2.45) is 0 Å². The Morgan fingerprint density at radius 1 is 1.48 bits per heavy atom. The molecule has 5 nitrogen and oxygen atoms in total. The van der Waals surface area contributed by atoms with Crippen molar-refractivity contribution in [1.82, 2.24) is 9.80 Å². The number of nitriles is 1. The minimum atomic E-state index is -0.341. The van der Waals surface area contributed by atoms with Gasteiger partial charge in [0.15, 0.2) is 0 Å². The van der Waals surface area contributed by atoms with Crippen molar-refractivity contribution in [2.45, 2.75) is 32.4 Å². The quantitative estimate of drug-likeness (QED) is 0.846. The van der Waals surface area contributed by atoms with E-state index in [1.807, 2.05) is 12.1 Å². The molecule has 1 aromatic carbocycles. The zero-order chi connectivity index (χ0) is 15.4. The molecule has 1 aromatic rings. The first-order valence-electron chi connectivity index (χ1n) is 7.04. The molecule has 0 N–H and O–H groups in total. The molecule has 1 aliphatic rings. The molecule has 5 heteroatoms. The highest BCUT2D eigenvalue weighted by Gasteiger charge is 2.33. The Morgan fingerprint density at radius 3 is 2.90 bits per heavy atom. The van der Waals surface area contributed by atoms with E-state index in [1.165, 1.54) is 6.92 Å². The SMILES string of the molecule is CC(=O)N1CCCC1C(=O)N(C)Cc1cccc(C#N)c1. The van der Waals surface area contributed by atoms with Crippen molar-refractivity contribution in [2.75, 3.05) is 13.6 Å². The van der Waals surface area contributed by atoms with E-state index in [0.29, 0.717) is 18.7 Å². The highest BCUT2D eigenvalue weighted by Crippen LogP contribution is 2.20. The van der Waals surface area contributed by atoms with Crippen LogP contribution in [0, 0.1) is 11.3 Å². The third-order valence-electron chi connectivity index (χ3n) is 3.79. The van der Waals surface area contributed by atoms with Gasteiger partial charge in [0.05, 0.1) is 11.6 Å². The minimum Gasteiger partial charge on any atom is -0.340 e. The van der Waals surface area contributed by atoms with Crippen LogP contribution in [0.3, 0.4) is 0 Å². The van der Waals surface area contributed by atoms with Gasteiger partial charge in [-0.15, -0.1) is 0 Å². The summed E-state index contributed by atoms with van der Waals surface area (Å²) in [7, 11) is 1.73. The zero-order valence-corrected chi connectivity index (χ0v) is 12.4. The predicted molar refractivity (Wildman–Crippen MR) is 78.0 cm³/mol. The van der Waals surface area contributed by atoms with Crippen LogP contribution in [-0.4, -0.2) is 41.2 Å². The number of carbonyl (C=O) groups excluding carboxylic acids is 2. The van der Waals surface area contributed by atoms with Crippen molar-refractivity contribution >= 4 is 11.8 Å². The van der Waals surface area contributed by atoms with Crippen molar-refractivity contribution in [3.63, 3.8) is 0 Å². The van der Waals surface area contributed by atoms with E-state index >= 15 is 0 Å². The summed E-state index contributed by atoms with van der Waals surface area (Å²) in [4.78, 5) is 27.3. The predicted octanol–water partition coefficient (Wildman–Crippen LogP) is 1.53. The topological polar surface area (TPSA) is 64.4 Å². The largest absolute Gasteiger partial charge is 0.340 e. The molecule has 0 saturated carbocycles. The van der Waals surface area contributed by atoms with E-state index in [-0.39, 0.29) is 17.9 Å². The van der Waals surface area contributed by atoms with Crippen LogP contribution in [0.15, 0.2) is 24.3 Å². The van der Waals surface area contributed by atoms with Gasteiger partial charge in [-0.1, -0.05) is 12.1 Å². The van der Waals surface area contributed by atoms with Crippen molar-refractivity contribution in [1.29, 1.82) is 5.26 Å². The van der Waals surface area contributed by atoms with E-state index in [9.17, 15) is 9.59 Å². The molecule has 0 bridgehead atoms. The smallest absolute Gasteiger partial charge is 0.245 e. The van der Waals surface area contributed by atoms with Crippen LogP contribution in [0.5, 0.6) is 0 Å².